The molecule has 0 spiro atoms. The molecule has 0 aliphatic carbocycles. The Morgan fingerprint density at radius 2 is 0.571 bits per heavy atom. The van der Waals surface area contributed by atoms with Crippen molar-refractivity contribution in [1.82, 2.24) is 24.1 Å². The molecule has 11 aromatic rings. The van der Waals surface area contributed by atoms with Crippen LogP contribution >= 0.6 is 0 Å². The number of nitrogens with zero attached hydrogens (tertiary/aromatic N) is 5. The fourth-order valence-corrected chi connectivity index (χ4v) is 8.16. The SMILES string of the molecule is c1ccc(-c2cccc(-c3cccc(-c4ccc(-c5nc(-n6c7ccccc7c7ccccc76)nc(-n6c7ccccc7c7ccccc76)n5)cc4)c3)c2)cc1. The summed E-state index contributed by atoms with van der Waals surface area (Å²) >= 11 is 0. The molecule has 262 valence electrons. The highest BCUT2D eigenvalue weighted by molar-refractivity contribution is 6.10. The van der Waals surface area contributed by atoms with Gasteiger partial charge in [0.15, 0.2) is 5.82 Å². The number of fused-ring (bicyclic) bond motifs is 6. The first-order chi connectivity index (χ1) is 27.8. The maximum Gasteiger partial charge on any atom is 0.240 e. The van der Waals surface area contributed by atoms with Crippen molar-refractivity contribution in [3.05, 3.63) is 200 Å². The van der Waals surface area contributed by atoms with Crippen molar-refractivity contribution in [3.8, 4) is 56.7 Å². The zero-order valence-electron chi connectivity index (χ0n) is 30.3. The van der Waals surface area contributed by atoms with Crippen molar-refractivity contribution in [2.24, 2.45) is 0 Å². The van der Waals surface area contributed by atoms with Crippen LogP contribution in [0.3, 0.4) is 0 Å². The molecule has 0 radical (unpaired) electrons. The Labute approximate surface area is 323 Å². The number of benzene rings is 8. The lowest BCUT2D eigenvalue weighted by Crippen LogP contribution is -2.10. The summed E-state index contributed by atoms with van der Waals surface area (Å²) in [5.41, 5.74) is 12.1. The first kappa shape index (κ1) is 31.9. The van der Waals surface area contributed by atoms with Crippen molar-refractivity contribution in [2.75, 3.05) is 0 Å². The van der Waals surface area contributed by atoms with Gasteiger partial charge in [-0.25, -0.2) is 0 Å². The summed E-state index contributed by atoms with van der Waals surface area (Å²) in [5, 5.41) is 4.62. The summed E-state index contributed by atoms with van der Waals surface area (Å²) in [5.74, 6) is 1.74. The lowest BCUT2D eigenvalue weighted by atomic mass is 9.96. The van der Waals surface area contributed by atoms with E-state index < -0.39 is 0 Å². The molecule has 0 amide bonds. The van der Waals surface area contributed by atoms with Gasteiger partial charge in [0.05, 0.1) is 22.1 Å². The molecule has 0 bridgehead atoms. The van der Waals surface area contributed by atoms with E-state index >= 15 is 0 Å². The second kappa shape index (κ2) is 13.0. The third-order valence-electron chi connectivity index (χ3n) is 10.8. The van der Waals surface area contributed by atoms with Crippen LogP contribution in [-0.4, -0.2) is 24.1 Å². The molecule has 5 heteroatoms. The summed E-state index contributed by atoms with van der Waals surface area (Å²) in [6.45, 7) is 0. The molecule has 0 aliphatic heterocycles. The zero-order valence-corrected chi connectivity index (χ0v) is 30.3. The maximum absolute atomic E-state index is 5.28. The van der Waals surface area contributed by atoms with E-state index in [0.717, 1.165) is 60.3 Å². The second-order valence-corrected chi connectivity index (χ2v) is 14.1. The third kappa shape index (κ3) is 5.29. The van der Waals surface area contributed by atoms with Gasteiger partial charge in [0, 0.05) is 27.1 Å². The Morgan fingerprint density at radius 3 is 1.00 bits per heavy atom. The lowest BCUT2D eigenvalue weighted by Gasteiger charge is -2.13. The molecule has 0 fully saturated rings. The van der Waals surface area contributed by atoms with E-state index in [4.69, 9.17) is 15.0 Å². The van der Waals surface area contributed by atoms with Crippen LogP contribution < -0.4 is 0 Å². The summed E-state index contributed by atoms with van der Waals surface area (Å²) in [6, 6.07) is 70.4. The topological polar surface area (TPSA) is 48.5 Å². The molecule has 56 heavy (non-hydrogen) atoms. The zero-order chi connectivity index (χ0) is 37.0. The van der Waals surface area contributed by atoms with E-state index in [9.17, 15) is 0 Å². The number of hydrogen-bond donors (Lipinski definition) is 0. The van der Waals surface area contributed by atoms with Crippen LogP contribution in [0.4, 0.5) is 0 Å². The van der Waals surface area contributed by atoms with Crippen LogP contribution in [0.15, 0.2) is 200 Å². The molecular weight excluding hydrogens is 683 g/mol. The molecule has 8 aromatic carbocycles. The van der Waals surface area contributed by atoms with Gasteiger partial charge in [-0.15, -0.1) is 0 Å². The summed E-state index contributed by atoms with van der Waals surface area (Å²) in [6.07, 6.45) is 0. The number of rotatable bonds is 6. The van der Waals surface area contributed by atoms with Gasteiger partial charge in [-0.3, -0.25) is 9.13 Å². The molecule has 0 N–H and O–H groups in total. The third-order valence-corrected chi connectivity index (χ3v) is 10.8. The Hall–Kier alpha value is -7.63. The van der Waals surface area contributed by atoms with Gasteiger partial charge in [-0.05, 0) is 69.8 Å². The highest BCUT2D eigenvalue weighted by Crippen LogP contribution is 2.35. The van der Waals surface area contributed by atoms with Crippen LogP contribution in [0.2, 0.25) is 0 Å². The Morgan fingerprint density at radius 1 is 0.250 bits per heavy atom. The second-order valence-electron chi connectivity index (χ2n) is 14.1. The quantitative estimate of drug-likeness (QED) is 0.172. The van der Waals surface area contributed by atoms with E-state index in [1.54, 1.807) is 0 Å². The van der Waals surface area contributed by atoms with Gasteiger partial charge in [-0.2, -0.15) is 15.0 Å². The highest BCUT2D eigenvalue weighted by atomic mass is 15.3. The maximum atomic E-state index is 5.28. The monoisotopic (exact) mass is 715 g/mol. The molecule has 0 aliphatic rings. The van der Waals surface area contributed by atoms with E-state index in [2.05, 4.69) is 209 Å². The highest BCUT2D eigenvalue weighted by Gasteiger charge is 2.20. The summed E-state index contributed by atoms with van der Waals surface area (Å²) in [7, 11) is 0. The van der Waals surface area contributed by atoms with Gasteiger partial charge >= 0.3 is 0 Å². The lowest BCUT2D eigenvalue weighted by molar-refractivity contribution is 0.893. The fraction of sp³-hybridized carbons (Fsp3) is 0. The minimum atomic E-state index is 0.568. The minimum Gasteiger partial charge on any atom is -0.278 e. The predicted molar refractivity (Wildman–Crippen MR) is 230 cm³/mol. The van der Waals surface area contributed by atoms with Crippen molar-refractivity contribution in [2.45, 2.75) is 0 Å². The Kier molecular flexibility index (Phi) is 7.42. The minimum absolute atomic E-state index is 0.568. The molecule has 0 unspecified atom stereocenters. The van der Waals surface area contributed by atoms with Crippen molar-refractivity contribution in [3.63, 3.8) is 0 Å². The molecule has 0 saturated carbocycles. The largest absolute Gasteiger partial charge is 0.278 e. The van der Waals surface area contributed by atoms with Crippen molar-refractivity contribution < 1.29 is 0 Å². The first-order valence-electron chi connectivity index (χ1n) is 18.9. The van der Waals surface area contributed by atoms with E-state index in [-0.39, 0.29) is 0 Å². The van der Waals surface area contributed by atoms with Crippen LogP contribution in [0, 0.1) is 0 Å². The standard InChI is InChI=1S/C51H33N5/c1-2-14-34(15-3-1)37-16-12-18-39(32-37)40-19-13-17-38(33-40)35-28-30-36(31-29-35)49-52-50(55-45-24-8-4-20-41(45)42-21-5-9-25-46(42)55)54-51(53-49)56-47-26-10-6-22-43(47)44-23-7-11-27-48(44)56/h1-33H. The smallest absolute Gasteiger partial charge is 0.240 e. The van der Waals surface area contributed by atoms with Gasteiger partial charge in [0.1, 0.15) is 0 Å². The van der Waals surface area contributed by atoms with Gasteiger partial charge in [0.25, 0.3) is 0 Å². The Balaban J connectivity index is 1.06. The van der Waals surface area contributed by atoms with Gasteiger partial charge in [-0.1, -0.05) is 164 Å². The normalized spacial score (nSPS) is 11.6. The average Bonchev–Trinajstić information content (AvgIpc) is 3.80. The predicted octanol–water partition coefficient (Wildman–Crippen LogP) is 12.7. The molecule has 0 saturated heterocycles. The molecule has 3 aromatic heterocycles. The number of hydrogen-bond acceptors (Lipinski definition) is 3. The Bertz CT molecular complexity index is 3010. The summed E-state index contributed by atoms with van der Waals surface area (Å²) in [4.78, 5) is 15.7. The number of para-hydroxylation sites is 4. The molecule has 5 nitrogen and oxygen atoms in total. The van der Waals surface area contributed by atoms with Crippen LogP contribution in [0.25, 0.3) is 100 Å². The van der Waals surface area contributed by atoms with Crippen molar-refractivity contribution >= 4 is 43.6 Å². The van der Waals surface area contributed by atoms with E-state index in [1.807, 2.05) is 0 Å². The fourth-order valence-electron chi connectivity index (χ4n) is 8.16. The van der Waals surface area contributed by atoms with Gasteiger partial charge < -0.3 is 0 Å². The van der Waals surface area contributed by atoms with E-state index in [0.29, 0.717) is 17.7 Å². The average molecular weight is 716 g/mol. The van der Waals surface area contributed by atoms with Crippen LogP contribution in [0.5, 0.6) is 0 Å². The van der Waals surface area contributed by atoms with E-state index in [1.165, 1.54) is 22.3 Å². The molecule has 11 rings (SSSR count). The van der Waals surface area contributed by atoms with Crippen LogP contribution in [0.1, 0.15) is 0 Å². The molecular formula is C51H33N5. The van der Waals surface area contributed by atoms with Crippen LogP contribution in [-0.2, 0) is 0 Å². The molecule has 3 heterocycles. The number of aromatic nitrogens is 5. The molecule has 0 atom stereocenters. The first-order valence-corrected chi connectivity index (χ1v) is 18.9. The van der Waals surface area contributed by atoms with Crippen molar-refractivity contribution in [1.29, 1.82) is 0 Å². The van der Waals surface area contributed by atoms with Gasteiger partial charge in [0.2, 0.25) is 11.9 Å². The summed E-state index contributed by atoms with van der Waals surface area (Å²) < 4.78 is 4.33.